The lowest BCUT2D eigenvalue weighted by molar-refractivity contribution is -0.121. The van der Waals surface area contributed by atoms with Crippen LogP contribution in [0.15, 0.2) is 41.3 Å². The fourth-order valence-corrected chi connectivity index (χ4v) is 4.58. The largest absolute Gasteiger partial charge is 0.493 e. The number of aryl methyl sites for hydroxylation is 2. The molecule has 2 aromatic carbocycles. The summed E-state index contributed by atoms with van der Waals surface area (Å²) in [5.74, 6) is 0.442. The SMILES string of the molecule is CC(=O)c1ccc(S(=O)(=O)NCCC(=O)NC2CCOc3c(C)cc(C)cc32)cc1. The molecular weight excluding hydrogens is 404 g/mol. The van der Waals surface area contributed by atoms with E-state index in [0.717, 1.165) is 22.4 Å². The summed E-state index contributed by atoms with van der Waals surface area (Å²) in [6, 6.07) is 9.59. The highest BCUT2D eigenvalue weighted by Crippen LogP contribution is 2.35. The molecule has 3 rings (SSSR count). The van der Waals surface area contributed by atoms with Gasteiger partial charge < -0.3 is 10.1 Å². The molecule has 0 radical (unpaired) electrons. The van der Waals surface area contributed by atoms with Gasteiger partial charge in [-0.05, 0) is 38.5 Å². The van der Waals surface area contributed by atoms with Gasteiger partial charge in [-0.25, -0.2) is 13.1 Å². The van der Waals surface area contributed by atoms with E-state index in [0.29, 0.717) is 18.6 Å². The molecule has 0 aromatic heterocycles. The van der Waals surface area contributed by atoms with Crippen LogP contribution in [0.3, 0.4) is 0 Å². The van der Waals surface area contributed by atoms with Gasteiger partial charge in [-0.3, -0.25) is 9.59 Å². The van der Waals surface area contributed by atoms with Crippen molar-refractivity contribution in [3.8, 4) is 5.75 Å². The van der Waals surface area contributed by atoms with E-state index in [2.05, 4.69) is 10.0 Å². The van der Waals surface area contributed by atoms with E-state index in [4.69, 9.17) is 4.74 Å². The second-order valence-corrected chi connectivity index (χ2v) is 9.25. The van der Waals surface area contributed by atoms with Gasteiger partial charge in [0.15, 0.2) is 5.78 Å². The van der Waals surface area contributed by atoms with Crippen molar-refractivity contribution in [2.75, 3.05) is 13.2 Å². The molecule has 1 aliphatic heterocycles. The van der Waals surface area contributed by atoms with Crippen molar-refractivity contribution in [1.82, 2.24) is 10.0 Å². The van der Waals surface area contributed by atoms with Crippen LogP contribution in [0.5, 0.6) is 5.75 Å². The van der Waals surface area contributed by atoms with E-state index in [1.807, 2.05) is 26.0 Å². The third-order valence-electron chi connectivity index (χ3n) is 5.03. The Bertz CT molecular complexity index is 1060. The first-order valence-electron chi connectivity index (χ1n) is 9.81. The number of carbonyl (C=O) groups excluding carboxylic acids is 2. The standard InChI is InChI=1S/C22H26N2O5S/c1-14-12-15(2)22-19(13-14)20(9-11-29-22)24-21(26)8-10-23-30(27,28)18-6-4-17(5-7-18)16(3)25/h4-7,12-13,20,23H,8-11H2,1-3H3,(H,24,26). The number of amides is 1. The minimum absolute atomic E-state index is 0.0161. The predicted molar refractivity (Wildman–Crippen MR) is 113 cm³/mol. The number of Topliss-reactive ketones (excluding diaryl/α,β-unsaturated/α-hetero) is 1. The second kappa shape index (κ2) is 8.97. The molecule has 1 atom stereocenters. The third-order valence-corrected chi connectivity index (χ3v) is 6.50. The molecule has 1 heterocycles. The maximum Gasteiger partial charge on any atom is 0.240 e. The fraction of sp³-hybridized carbons (Fsp3) is 0.364. The highest BCUT2D eigenvalue weighted by atomic mass is 32.2. The molecule has 0 spiro atoms. The lowest BCUT2D eigenvalue weighted by Gasteiger charge is -2.28. The van der Waals surface area contributed by atoms with Crippen LogP contribution < -0.4 is 14.8 Å². The van der Waals surface area contributed by atoms with E-state index in [-0.39, 0.29) is 35.6 Å². The summed E-state index contributed by atoms with van der Waals surface area (Å²) in [5.41, 5.74) is 3.53. The average molecular weight is 431 g/mol. The Kier molecular flexibility index (Phi) is 6.58. The predicted octanol–water partition coefficient (Wildman–Crippen LogP) is 2.81. The van der Waals surface area contributed by atoms with Crippen LogP contribution >= 0.6 is 0 Å². The molecule has 0 aliphatic carbocycles. The molecular formula is C22H26N2O5S. The van der Waals surface area contributed by atoms with Crippen molar-refractivity contribution in [2.24, 2.45) is 0 Å². The summed E-state index contributed by atoms with van der Waals surface area (Å²) in [4.78, 5) is 23.8. The Morgan fingerprint density at radius 1 is 1.13 bits per heavy atom. The molecule has 7 nitrogen and oxygen atoms in total. The number of benzene rings is 2. The number of rotatable bonds is 7. The molecule has 2 aromatic rings. The minimum atomic E-state index is -3.75. The van der Waals surface area contributed by atoms with Crippen LogP contribution in [-0.2, 0) is 14.8 Å². The van der Waals surface area contributed by atoms with E-state index >= 15 is 0 Å². The minimum Gasteiger partial charge on any atom is -0.493 e. The number of ether oxygens (including phenoxy) is 1. The van der Waals surface area contributed by atoms with Gasteiger partial charge in [0.1, 0.15) is 5.75 Å². The Balaban J connectivity index is 1.57. The van der Waals surface area contributed by atoms with Crippen LogP contribution in [0.25, 0.3) is 0 Å². The first kappa shape index (κ1) is 22.0. The van der Waals surface area contributed by atoms with Gasteiger partial charge in [0, 0.05) is 30.5 Å². The lowest BCUT2D eigenvalue weighted by atomic mass is 9.95. The van der Waals surface area contributed by atoms with Crippen LogP contribution in [0.1, 0.15) is 52.9 Å². The van der Waals surface area contributed by atoms with Crippen LogP contribution in [-0.4, -0.2) is 33.3 Å². The normalized spacial score (nSPS) is 15.8. The van der Waals surface area contributed by atoms with E-state index in [9.17, 15) is 18.0 Å². The van der Waals surface area contributed by atoms with Gasteiger partial charge in [-0.1, -0.05) is 29.8 Å². The zero-order valence-electron chi connectivity index (χ0n) is 17.3. The first-order chi connectivity index (χ1) is 14.2. The van der Waals surface area contributed by atoms with Crippen molar-refractivity contribution in [3.63, 3.8) is 0 Å². The van der Waals surface area contributed by atoms with Crippen LogP contribution in [0, 0.1) is 13.8 Å². The Morgan fingerprint density at radius 2 is 1.83 bits per heavy atom. The summed E-state index contributed by atoms with van der Waals surface area (Å²) in [6.07, 6.45) is 0.679. The van der Waals surface area contributed by atoms with Crippen molar-refractivity contribution in [2.45, 2.75) is 44.6 Å². The highest BCUT2D eigenvalue weighted by Gasteiger charge is 2.25. The summed E-state index contributed by atoms with van der Waals surface area (Å²) in [7, 11) is -3.75. The van der Waals surface area contributed by atoms with Crippen LogP contribution in [0.2, 0.25) is 0 Å². The Labute approximate surface area is 176 Å². The van der Waals surface area contributed by atoms with Gasteiger partial charge in [-0.15, -0.1) is 0 Å². The molecule has 0 bridgehead atoms. The summed E-state index contributed by atoms with van der Waals surface area (Å²) in [5, 5.41) is 2.98. The van der Waals surface area contributed by atoms with Gasteiger partial charge >= 0.3 is 0 Å². The zero-order chi connectivity index (χ0) is 21.9. The number of nitrogens with one attached hydrogen (secondary N) is 2. The maximum atomic E-state index is 12.4. The number of ketones is 1. The fourth-order valence-electron chi connectivity index (χ4n) is 3.55. The highest BCUT2D eigenvalue weighted by molar-refractivity contribution is 7.89. The van der Waals surface area contributed by atoms with E-state index < -0.39 is 10.0 Å². The number of fused-ring (bicyclic) bond motifs is 1. The number of carbonyl (C=O) groups is 2. The van der Waals surface area contributed by atoms with Crippen molar-refractivity contribution < 1.29 is 22.7 Å². The molecule has 1 unspecified atom stereocenters. The van der Waals surface area contributed by atoms with E-state index in [1.165, 1.54) is 31.2 Å². The summed E-state index contributed by atoms with van der Waals surface area (Å²) < 4.78 is 32.9. The van der Waals surface area contributed by atoms with E-state index in [1.54, 1.807) is 0 Å². The molecule has 30 heavy (non-hydrogen) atoms. The Hall–Kier alpha value is -2.71. The zero-order valence-corrected chi connectivity index (χ0v) is 18.1. The number of sulfonamides is 1. The second-order valence-electron chi connectivity index (χ2n) is 7.49. The van der Waals surface area contributed by atoms with Gasteiger partial charge in [0.05, 0.1) is 17.5 Å². The number of hydrogen-bond donors (Lipinski definition) is 2. The molecule has 0 saturated carbocycles. The van der Waals surface area contributed by atoms with Crippen molar-refractivity contribution >= 4 is 21.7 Å². The third kappa shape index (κ3) is 5.06. The van der Waals surface area contributed by atoms with Crippen molar-refractivity contribution in [3.05, 3.63) is 58.7 Å². The number of hydrogen-bond acceptors (Lipinski definition) is 5. The molecule has 160 valence electrons. The average Bonchev–Trinajstić information content (AvgIpc) is 2.68. The van der Waals surface area contributed by atoms with Crippen molar-refractivity contribution in [1.29, 1.82) is 0 Å². The molecule has 8 heteroatoms. The monoisotopic (exact) mass is 430 g/mol. The maximum absolute atomic E-state index is 12.4. The topological polar surface area (TPSA) is 102 Å². The van der Waals surface area contributed by atoms with Gasteiger partial charge in [-0.2, -0.15) is 0 Å². The summed E-state index contributed by atoms with van der Waals surface area (Å²) >= 11 is 0. The molecule has 1 amide bonds. The first-order valence-corrected chi connectivity index (χ1v) is 11.3. The smallest absolute Gasteiger partial charge is 0.240 e. The quantitative estimate of drug-likeness (QED) is 0.658. The summed E-state index contributed by atoms with van der Waals surface area (Å²) in [6.45, 7) is 5.89. The Morgan fingerprint density at radius 3 is 2.50 bits per heavy atom. The lowest BCUT2D eigenvalue weighted by Crippen LogP contribution is -2.35. The molecule has 0 saturated heterocycles. The van der Waals surface area contributed by atoms with Gasteiger partial charge in [0.2, 0.25) is 15.9 Å². The molecule has 2 N–H and O–H groups in total. The van der Waals surface area contributed by atoms with Crippen LogP contribution in [0.4, 0.5) is 0 Å². The van der Waals surface area contributed by atoms with Gasteiger partial charge in [0.25, 0.3) is 0 Å². The molecule has 1 aliphatic rings. The molecule has 0 fully saturated rings.